The predicted molar refractivity (Wildman–Crippen MR) is 120 cm³/mol. The first-order valence-corrected chi connectivity index (χ1v) is 12.0. The van der Waals surface area contributed by atoms with Crippen LogP contribution in [0.25, 0.3) is 5.69 Å². The van der Waals surface area contributed by atoms with E-state index in [1.54, 1.807) is 18.9 Å². The Kier molecular flexibility index (Phi) is 7.15. The van der Waals surface area contributed by atoms with E-state index in [9.17, 15) is 4.79 Å². The Morgan fingerprint density at radius 2 is 1.90 bits per heavy atom. The molecule has 7 nitrogen and oxygen atoms in total. The molecular weight excluding hydrogens is 398 g/mol. The molecule has 1 aliphatic carbocycles. The SMILES string of the molecule is COc1ccccc1-n1c(SCCNC(=O)C2CCCC2)nnc1N1CCCCC1. The first-order valence-electron chi connectivity index (χ1n) is 11.0. The van der Waals surface area contributed by atoms with E-state index in [1.807, 2.05) is 24.3 Å². The fourth-order valence-electron chi connectivity index (χ4n) is 4.33. The Hall–Kier alpha value is -2.22. The first-order chi connectivity index (χ1) is 14.8. The molecule has 1 aliphatic heterocycles. The number of ether oxygens (including phenoxy) is 1. The summed E-state index contributed by atoms with van der Waals surface area (Å²) < 4.78 is 7.72. The van der Waals surface area contributed by atoms with E-state index in [4.69, 9.17) is 4.74 Å². The van der Waals surface area contributed by atoms with Gasteiger partial charge in [0, 0.05) is 31.3 Å². The van der Waals surface area contributed by atoms with E-state index < -0.39 is 0 Å². The number of para-hydroxylation sites is 2. The van der Waals surface area contributed by atoms with Gasteiger partial charge in [0.25, 0.3) is 0 Å². The van der Waals surface area contributed by atoms with Gasteiger partial charge in [-0.3, -0.25) is 9.36 Å². The smallest absolute Gasteiger partial charge is 0.232 e. The summed E-state index contributed by atoms with van der Waals surface area (Å²) in [5, 5.41) is 13.0. The molecule has 2 fully saturated rings. The van der Waals surface area contributed by atoms with E-state index >= 15 is 0 Å². The van der Waals surface area contributed by atoms with E-state index in [-0.39, 0.29) is 11.8 Å². The highest BCUT2D eigenvalue weighted by Crippen LogP contribution is 2.32. The molecule has 2 heterocycles. The highest BCUT2D eigenvalue weighted by atomic mass is 32.2. The number of nitrogens with zero attached hydrogens (tertiary/aromatic N) is 4. The lowest BCUT2D eigenvalue weighted by atomic mass is 10.1. The standard InChI is InChI=1S/C22H31N5O2S/c1-29-19-12-6-5-11-18(19)27-21(26-14-7-2-8-15-26)24-25-22(27)30-16-13-23-20(28)17-9-3-4-10-17/h5-6,11-12,17H,2-4,7-10,13-16H2,1H3,(H,23,28). The number of methoxy groups -OCH3 is 1. The Bertz CT molecular complexity index is 844. The average molecular weight is 430 g/mol. The van der Waals surface area contributed by atoms with Gasteiger partial charge in [-0.25, -0.2) is 0 Å². The maximum absolute atomic E-state index is 12.3. The van der Waals surface area contributed by atoms with E-state index in [0.29, 0.717) is 6.54 Å². The topological polar surface area (TPSA) is 72.3 Å². The quantitative estimate of drug-likeness (QED) is 0.510. The van der Waals surface area contributed by atoms with E-state index in [2.05, 4.69) is 25.0 Å². The lowest BCUT2D eigenvalue weighted by Gasteiger charge is -2.28. The van der Waals surface area contributed by atoms with Crippen molar-refractivity contribution in [2.24, 2.45) is 5.92 Å². The molecule has 1 saturated carbocycles. The second kappa shape index (κ2) is 10.2. The molecule has 0 bridgehead atoms. The minimum Gasteiger partial charge on any atom is -0.495 e. The zero-order chi connectivity index (χ0) is 20.8. The third-order valence-corrected chi connectivity index (χ3v) is 6.87. The molecule has 1 N–H and O–H groups in total. The molecular formula is C22H31N5O2S. The third kappa shape index (κ3) is 4.74. The zero-order valence-corrected chi connectivity index (χ0v) is 18.5. The van der Waals surface area contributed by atoms with Crippen LogP contribution in [0.5, 0.6) is 5.75 Å². The molecule has 1 aromatic carbocycles. The summed E-state index contributed by atoms with van der Waals surface area (Å²) >= 11 is 1.62. The molecule has 0 atom stereocenters. The summed E-state index contributed by atoms with van der Waals surface area (Å²) in [5.74, 6) is 2.83. The Labute approximate surface area is 182 Å². The van der Waals surface area contributed by atoms with Gasteiger partial charge < -0.3 is 15.0 Å². The Morgan fingerprint density at radius 1 is 1.13 bits per heavy atom. The van der Waals surface area contributed by atoms with Crippen LogP contribution in [0.1, 0.15) is 44.9 Å². The van der Waals surface area contributed by atoms with Crippen LogP contribution in [-0.2, 0) is 4.79 Å². The van der Waals surface area contributed by atoms with Crippen molar-refractivity contribution in [1.82, 2.24) is 20.1 Å². The van der Waals surface area contributed by atoms with Crippen molar-refractivity contribution in [1.29, 1.82) is 0 Å². The second-order valence-electron chi connectivity index (χ2n) is 7.96. The summed E-state index contributed by atoms with van der Waals surface area (Å²) in [6.45, 7) is 2.63. The molecule has 8 heteroatoms. The molecule has 1 aromatic heterocycles. The normalized spacial score (nSPS) is 17.3. The fraction of sp³-hybridized carbons (Fsp3) is 0.591. The number of amides is 1. The lowest BCUT2D eigenvalue weighted by molar-refractivity contribution is -0.124. The van der Waals surface area contributed by atoms with Gasteiger partial charge in [0.05, 0.1) is 12.8 Å². The molecule has 0 unspecified atom stereocenters. The number of rotatable bonds is 8. The number of hydrogen-bond donors (Lipinski definition) is 1. The van der Waals surface area contributed by atoms with Gasteiger partial charge in [-0.2, -0.15) is 0 Å². The molecule has 30 heavy (non-hydrogen) atoms. The molecule has 2 aliphatic rings. The summed E-state index contributed by atoms with van der Waals surface area (Å²) in [7, 11) is 1.69. The Morgan fingerprint density at radius 3 is 2.67 bits per heavy atom. The first kappa shape index (κ1) is 21.0. The van der Waals surface area contributed by atoms with Gasteiger partial charge in [0.1, 0.15) is 5.75 Å². The highest BCUT2D eigenvalue weighted by Gasteiger charge is 2.24. The summed E-state index contributed by atoms with van der Waals surface area (Å²) in [6.07, 6.45) is 8.02. The molecule has 2 aromatic rings. The molecule has 162 valence electrons. The van der Waals surface area contributed by atoms with Crippen LogP contribution in [-0.4, -0.2) is 53.2 Å². The van der Waals surface area contributed by atoms with Crippen molar-refractivity contribution in [3.63, 3.8) is 0 Å². The summed E-state index contributed by atoms with van der Waals surface area (Å²) in [5.41, 5.74) is 0.947. The number of carbonyl (C=O) groups is 1. The number of hydrogen-bond acceptors (Lipinski definition) is 6. The molecule has 4 rings (SSSR count). The van der Waals surface area contributed by atoms with Crippen molar-refractivity contribution in [3.8, 4) is 11.4 Å². The number of benzene rings is 1. The van der Waals surface area contributed by atoms with Gasteiger partial charge in [-0.05, 0) is 44.2 Å². The predicted octanol–water partition coefficient (Wildman–Crippen LogP) is 3.66. The average Bonchev–Trinajstić information content (AvgIpc) is 3.47. The maximum Gasteiger partial charge on any atom is 0.232 e. The van der Waals surface area contributed by atoms with Gasteiger partial charge in [0.15, 0.2) is 5.16 Å². The molecule has 1 amide bonds. The Balaban J connectivity index is 1.49. The van der Waals surface area contributed by atoms with Crippen molar-refractivity contribution >= 4 is 23.6 Å². The van der Waals surface area contributed by atoms with Gasteiger partial charge in [0.2, 0.25) is 11.9 Å². The van der Waals surface area contributed by atoms with Crippen LogP contribution in [0.4, 0.5) is 5.95 Å². The third-order valence-electron chi connectivity index (χ3n) is 5.94. The van der Waals surface area contributed by atoms with Crippen molar-refractivity contribution < 1.29 is 9.53 Å². The second-order valence-corrected chi connectivity index (χ2v) is 9.02. The van der Waals surface area contributed by atoms with E-state index in [1.165, 1.54) is 32.1 Å². The minimum atomic E-state index is 0.202. The van der Waals surface area contributed by atoms with Crippen LogP contribution < -0.4 is 15.0 Å². The number of aromatic nitrogens is 3. The van der Waals surface area contributed by atoms with Crippen LogP contribution in [0.15, 0.2) is 29.4 Å². The van der Waals surface area contributed by atoms with Crippen LogP contribution in [0.2, 0.25) is 0 Å². The van der Waals surface area contributed by atoms with Gasteiger partial charge in [-0.1, -0.05) is 36.7 Å². The van der Waals surface area contributed by atoms with Gasteiger partial charge in [-0.15, -0.1) is 10.2 Å². The lowest BCUT2D eigenvalue weighted by Crippen LogP contribution is -2.32. The molecule has 0 radical (unpaired) electrons. The van der Waals surface area contributed by atoms with Gasteiger partial charge >= 0.3 is 0 Å². The monoisotopic (exact) mass is 429 g/mol. The number of anilines is 1. The molecule has 0 spiro atoms. The van der Waals surface area contributed by atoms with Crippen LogP contribution in [0, 0.1) is 5.92 Å². The minimum absolute atomic E-state index is 0.202. The summed E-state index contributed by atoms with van der Waals surface area (Å²) in [4.78, 5) is 14.6. The number of carbonyl (C=O) groups excluding carboxylic acids is 1. The zero-order valence-electron chi connectivity index (χ0n) is 17.7. The fourth-order valence-corrected chi connectivity index (χ4v) is 5.12. The number of thioether (sulfide) groups is 1. The highest BCUT2D eigenvalue weighted by molar-refractivity contribution is 7.99. The van der Waals surface area contributed by atoms with Crippen molar-refractivity contribution in [3.05, 3.63) is 24.3 Å². The van der Waals surface area contributed by atoms with Crippen molar-refractivity contribution in [2.75, 3.05) is 37.4 Å². The van der Waals surface area contributed by atoms with E-state index in [0.717, 1.165) is 54.2 Å². The largest absolute Gasteiger partial charge is 0.495 e. The maximum atomic E-state index is 12.3. The summed E-state index contributed by atoms with van der Waals surface area (Å²) in [6, 6.07) is 7.99. The molecule has 1 saturated heterocycles. The van der Waals surface area contributed by atoms with Crippen molar-refractivity contribution in [2.45, 2.75) is 50.1 Å². The van der Waals surface area contributed by atoms with Crippen LogP contribution in [0.3, 0.4) is 0 Å². The number of nitrogens with one attached hydrogen (secondary N) is 1. The number of piperidine rings is 1. The van der Waals surface area contributed by atoms with Crippen LogP contribution >= 0.6 is 11.8 Å².